The Morgan fingerprint density at radius 3 is 2.40 bits per heavy atom. The number of amides is 2. The quantitative estimate of drug-likeness (QED) is 0.415. The number of oxime groups is 1. The molecule has 3 rings (SSSR count). The van der Waals surface area contributed by atoms with Crippen molar-refractivity contribution in [3.8, 4) is 5.75 Å². The number of nitrogens with zero attached hydrogens (tertiary/aromatic N) is 2. The lowest BCUT2D eigenvalue weighted by Crippen LogP contribution is -2.26. The van der Waals surface area contributed by atoms with E-state index in [9.17, 15) is 9.59 Å². The molecule has 1 heterocycles. The minimum Gasteiger partial charge on any atom is -0.483 e. The molecular formula is C22H24N4O4. The predicted octanol–water partition coefficient (Wildman–Crippen LogP) is 1.95. The molecule has 0 saturated carbocycles. The van der Waals surface area contributed by atoms with Gasteiger partial charge in [-0.25, -0.2) is 0 Å². The third-order valence-corrected chi connectivity index (χ3v) is 4.70. The summed E-state index contributed by atoms with van der Waals surface area (Å²) in [5, 5.41) is 4.52. The summed E-state index contributed by atoms with van der Waals surface area (Å²) < 4.78 is 7.75. The van der Waals surface area contributed by atoms with E-state index < -0.39 is 11.8 Å². The second kappa shape index (κ2) is 9.13. The molecule has 0 fully saturated rings. The normalized spacial score (nSPS) is 11.5. The van der Waals surface area contributed by atoms with Gasteiger partial charge in [0.05, 0.1) is 10.9 Å². The Hall–Kier alpha value is -3.81. The summed E-state index contributed by atoms with van der Waals surface area (Å²) in [6.07, 6.45) is 0.599. The van der Waals surface area contributed by atoms with Crippen LogP contribution in [-0.2, 0) is 27.4 Å². The van der Waals surface area contributed by atoms with Crippen LogP contribution in [0.2, 0.25) is 0 Å². The lowest BCUT2D eigenvalue weighted by Gasteiger charge is -2.11. The maximum atomic E-state index is 12.2. The summed E-state index contributed by atoms with van der Waals surface area (Å²) >= 11 is 0. The lowest BCUT2D eigenvalue weighted by molar-refractivity contribution is -0.120. The fourth-order valence-corrected chi connectivity index (χ4v) is 3.56. The third kappa shape index (κ3) is 4.12. The van der Waals surface area contributed by atoms with E-state index in [1.54, 1.807) is 6.07 Å². The summed E-state index contributed by atoms with van der Waals surface area (Å²) in [5.41, 5.74) is 14.1. The molecule has 2 amide bonds. The van der Waals surface area contributed by atoms with Crippen LogP contribution < -0.4 is 16.2 Å². The first-order chi connectivity index (χ1) is 14.5. The largest absolute Gasteiger partial charge is 0.483 e. The number of benzene rings is 2. The van der Waals surface area contributed by atoms with Crippen LogP contribution in [0.15, 0.2) is 53.7 Å². The van der Waals surface area contributed by atoms with Crippen LogP contribution in [0.4, 0.5) is 0 Å². The second-order valence-corrected chi connectivity index (χ2v) is 6.64. The number of carbonyl (C=O) groups excluding carboxylic acids is 2. The highest BCUT2D eigenvalue weighted by molar-refractivity contribution is 6.47. The van der Waals surface area contributed by atoms with Crippen molar-refractivity contribution in [1.29, 1.82) is 0 Å². The molecule has 4 N–H and O–H groups in total. The molecule has 30 heavy (non-hydrogen) atoms. The Kier molecular flexibility index (Phi) is 6.36. The third-order valence-electron chi connectivity index (χ3n) is 4.70. The Morgan fingerprint density at radius 1 is 1.07 bits per heavy atom. The van der Waals surface area contributed by atoms with E-state index in [1.165, 1.54) is 7.11 Å². The summed E-state index contributed by atoms with van der Waals surface area (Å²) in [6, 6.07) is 15.4. The molecule has 8 heteroatoms. The highest BCUT2D eigenvalue weighted by atomic mass is 16.6. The van der Waals surface area contributed by atoms with Crippen molar-refractivity contribution in [3.05, 3.63) is 65.4 Å². The van der Waals surface area contributed by atoms with Crippen molar-refractivity contribution < 1.29 is 19.2 Å². The summed E-state index contributed by atoms with van der Waals surface area (Å²) in [7, 11) is 1.35. The van der Waals surface area contributed by atoms with Crippen LogP contribution in [-0.4, -0.2) is 35.8 Å². The van der Waals surface area contributed by atoms with Gasteiger partial charge in [0, 0.05) is 17.8 Å². The van der Waals surface area contributed by atoms with Crippen LogP contribution >= 0.6 is 0 Å². The van der Waals surface area contributed by atoms with Crippen molar-refractivity contribution in [2.45, 2.75) is 19.9 Å². The predicted molar refractivity (Wildman–Crippen MR) is 114 cm³/mol. The highest BCUT2D eigenvalue weighted by Crippen LogP contribution is 2.35. The Bertz CT molecular complexity index is 1100. The molecule has 0 unspecified atom stereocenters. The van der Waals surface area contributed by atoms with Crippen molar-refractivity contribution in [3.63, 3.8) is 0 Å². The van der Waals surface area contributed by atoms with Crippen molar-refractivity contribution in [2.24, 2.45) is 16.6 Å². The maximum absolute atomic E-state index is 12.2. The van der Waals surface area contributed by atoms with Gasteiger partial charge in [-0.3, -0.25) is 9.59 Å². The number of aromatic nitrogens is 1. The number of carbonyl (C=O) groups is 2. The number of rotatable bonds is 9. The number of fused-ring (bicyclic) bond motifs is 1. The van der Waals surface area contributed by atoms with Gasteiger partial charge < -0.3 is 25.6 Å². The molecule has 0 bridgehead atoms. The van der Waals surface area contributed by atoms with Gasteiger partial charge in [-0.15, -0.1) is 0 Å². The zero-order chi connectivity index (χ0) is 21.7. The molecule has 0 saturated heterocycles. The van der Waals surface area contributed by atoms with E-state index >= 15 is 0 Å². The van der Waals surface area contributed by atoms with Crippen LogP contribution in [0.5, 0.6) is 5.75 Å². The van der Waals surface area contributed by atoms with E-state index in [4.69, 9.17) is 21.0 Å². The summed E-state index contributed by atoms with van der Waals surface area (Å²) in [4.78, 5) is 28.4. The van der Waals surface area contributed by atoms with Gasteiger partial charge in [0.15, 0.2) is 12.3 Å². The molecule has 156 valence electrons. The van der Waals surface area contributed by atoms with E-state index in [0.29, 0.717) is 29.7 Å². The second-order valence-electron chi connectivity index (χ2n) is 6.64. The number of hydrogen-bond donors (Lipinski definition) is 2. The Balaban J connectivity index is 2.33. The number of ether oxygens (including phenoxy) is 1. The van der Waals surface area contributed by atoms with Crippen LogP contribution in [0.25, 0.3) is 10.9 Å². The minimum atomic E-state index is -0.727. The van der Waals surface area contributed by atoms with Crippen LogP contribution in [0.1, 0.15) is 23.7 Å². The van der Waals surface area contributed by atoms with E-state index in [-0.39, 0.29) is 12.3 Å². The van der Waals surface area contributed by atoms with E-state index in [1.807, 2.05) is 49.4 Å². The van der Waals surface area contributed by atoms with Crippen LogP contribution in [0, 0.1) is 0 Å². The van der Waals surface area contributed by atoms with Crippen molar-refractivity contribution in [1.82, 2.24) is 4.57 Å². The molecule has 2 aromatic carbocycles. The Labute approximate surface area is 174 Å². The van der Waals surface area contributed by atoms with E-state index in [2.05, 4.69) is 9.72 Å². The summed E-state index contributed by atoms with van der Waals surface area (Å²) in [5.74, 6) is -0.920. The molecule has 0 aliphatic heterocycles. The molecule has 0 radical (unpaired) electrons. The maximum Gasteiger partial charge on any atom is 0.271 e. The number of nitrogens with two attached hydrogens (primary N) is 2. The molecular weight excluding hydrogens is 384 g/mol. The molecule has 0 spiro atoms. The molecule has 0 aliphatic rings. The van der Waals surface area contributed by atoms with Gasteiger partial charge in [-0.2, -0.15) is 0 Å². The molecule has 8 nitrogen and oxygen atoms in total. The van der Waals surface area contributed by atoms with Gasteiger partial charge in [-0.1, -0.05) is 48.5 Å². The van der Waals surface area contributed by atoms with Gasteiger partial charge in [0.25, 0.3) is 11.8 Å². The molecule has 0 atom stereocenters. The first kappa shape index (κ1) is 20.9. The first-order valence-electron chi connectivity index (χ1n) is 9.48. The first-order valence-corrected chi connectivity index (χ1v) is 9.48. The topological polar surface area (TPSA) is 122 Å². The smallest absolute Gasteiger partial charge is 0.271 e. The van der Waals surface area contributed by atoms with Gasteiger partial charge in [0.2, 0.25) is 0 Å². The average Bonchev–Trinajstić information content (AvgIpc) is 3.04. The van der Waals surface area contributed by atoms with Gasteiger partial charge in [-0.05, 0) is 24.1 Å². The number of hydrogen-bond acceptors (Lipinski definition) is 5. The molecule has 0 aliphatic carbocycles. The van der Waals surface area contributed by atoms with Crippen LogP contribution in [0.3, 0.4) is 0 Å². The fraction of sp³-hybridized carbons (Fsp3) is 0.227. The van der Waals surface area contributed by atoms with Gasteiger partial charge >= 0.3 is 0 Å². The standard InChI is InChI=1S/C22H24N4O4/c1-3-15-20(21(22(24)28)25-29-2)19-16(10-7-11-17(19)30-13-18(23)27)26(15)12-14-8-5-4-6-9-14/h4-11H,3,12-13H2,1-2H3,(H2,23,27)(H2,24,28)/b25-21-. The Morgan fingerprint density at radius 2 is 1.80 bits per heavy atom. The fourth-order valence-electron chi connectivity index (χ4n) is 3.56. The lowest BCUT2D eigenvalue weighted by atomic mass is 10.0. The van der Waals surface area contributed by atoms with E-state index in [0.717, 1.165) is 16.8 Å². The zero-order valence-electron chi connectivity index (χ0n) is 16.9. The van der Waals surface area contributed by atoms with Crippen molar-refractivity contribution >= 4 is 28.4 Å². The summed E-state index contributed by atoms with van der Waals surface area (Å²) in [6.45, 7) is 2.25. The molecule has 1 aromatic heterocycles. The SMILES string of the molecule is CCc1c(/C(=N/OC)C(N)=O)c2c(OCC(N)=O)cccc2n1Cc1ccccc1. The monoisotopic (exact) mass is 408 g/mol. The highest BCUT2D eigenvalue weighted by Gasteiger charge is 2.26. The van der Waals surface area contributed by atoms with Crippen molar-refractivity contribution in [2.75, 3.05) is 13.7 Å². The average molecular weight is 408 g/mol. The molecule has 3 aromatic rings. The van der Waals surface area contributed by atoms with Gasteiger partial charge in [0.1, 0.15) is 12.9 Å². The minimum absolute atomic E-state index is 0.0127. The zero-order valence-corrected chi connectivity index (χ0v) is 16.9. The number of primary amides is 2.